The molecule has 2 fully saturated rings. The molecule has 1 saturated carbocycles. The number of hydrogen-bond acceptors (Lipinski definition) is 3. The molecule has 6 heteroatoms. The summed E-state index contributed by atoms with van der Waals surface area (Å²) in [6.45, 7) is 4.44. The number of piperidine rings is 1. The van der Waals surface area contributed by atoms with Crippen LogP contribution in [0.4, 0.5) is 10.1 Å². The second-order valence-corrected chi connectivity index (χ2v) is 8.00. The van der Waals surface area contributed by atoms with Gasteiger partial charge in [-0.15, -0.1) is 0 Å². The molecule has 2 N–H and O–H groups in total. The topological polar surface area (TPSA) is 61.4 Å². The van der Waals surface area contributed by atoms with Gasteiger partial charge in [-0.25, -0.2) is 4.39 Å². The van der Waals surface area contributed by atoms with Gasteiger partial charge in [0.15, 0.2) is 0 Å². The van der Waals surface area contributed by atoms with Crippen molar-refractivity contribution in [3.63, 3.8) is 0 Å². The monoisotopic (exact) mass is 375 g/mol. The highest BCUT2D eigenvalue weighted by Gasteiger charge is 2.25. The predicted octanol–water partition coefficient (Wildman–Crippen LogP) is 3.09. The molecule has 1 heterocycles. The first-order valence-corrected chi connectivity index (χ1v) is 10.1. The van der Waals surface area contributed by atoms with Crippen LogP contribution in [0.1, 0.15) is 44.1 Å². The van der Waals surface area contributed by atoms with E-state index in [0.717, 1.165) is 57.2 Å². The van der Waals surface area contributed by atoms with E-state index >= 15 is 0 Å². The fourth-order valence-corrected chi connectivity index (χ4v) is 4.17. The van der Waals surface area contributed by atoms with Crippen LogP contribution in [0.5, 0.6) is 0 Å². The highest BCUT2D eigenvalue weighted by molar-refractivity contribution is 5.92. The standard InChI is InChI=1S/C21H30FN3O2/c1-15-8-9-18(22)19(11-15)24-20(26)14-25-10-4-5-16(13-25)12-23-21(27)17-6-2-3-7-17/h8-9,11,16-17H,2-7,10,12-14H2,1H3,(H,23,27)(H,24,26). The molecule has 0 radical (unpaired) electrons. The third-order valence-corrected chi connectivity index (χ3v) is 5.66. The summed E-state index contributed by atoms with van der Waals surface area (Å²) in [7, 11) is 0. The lowest BCUT2D eigenvalue weighted by atomic mass is 9.97. The van der Waals surface area contributed by atoms with Crippen LogP contribution in [-0.2, 0) is 9.59 Å². The van der Waals surface area contributed by atoms with E-state index < -0.39 is 5.82 Å². The Hall–Kier alpha value is -1.95. The van der Waals surface area contributed by atoms with Crippen LogP contribution in [0, 0.1) is 24.6 Å². The maximum atomic E-state index is 13.8. The summed E-state index contributed by atoms with van der Waals surface area (Å²) in [5, 5.41) is 5.78. The molecule has 3 rings (SSSR count). The Morgan fingerprint density at radius 2 is 1.96 bits per heavy atom. The summed E-state index contributed by atoms with van der Waals surface area (Å²) in [6.07, 6.45) is 6.42. The summed E-state index contributed by atoms with van der Waals surface area (Å²) in [5.74, 6) is 0.139. The van der Waals surface area contributed by atoms with Crippen molar-refractivity contribution in [2.75, 3.05) is 31.5 Å². The van der Waals surface area contributed by atoms with E-state index in [1.807, 2.05) is 6.92 Å². The normalized spacial score (nSPS) is 21.2. The molecule has 0 bridgehead atoms. The fourth-order valence-electron chi connectivity index (χ4n) is 4.17. The number of nitrogens with one attached hydrogen (secondary N) is 2. The third-order valence-electron chi connectivity index (χ3n) is 5.66. The van der Waals surface area contributed by atoms with Gasteiger partial charge < -0.3 is 10.6 Å². The van der Waals surface area contributed by atoms with Crippen LogP contribution >= 0.6 is 0 Å². The maximum absolute atomic E-state index is 13.8. The molecular formula is C21H30FN3O2. The molecular weight excluding hydrogens is 345 g/mol. The number of likely N-dealkylation sites (tertiary alicyclic amines) is 1. The van der Waals surface area contributed by atoms with Gasteiger partial charge in [0.2, 0.25) is 11.8 Å². The largest absolute Gasteiger partial charge is 0.356 e. The smallest absolute Gasteiger partial charge is 0.238 e. The number of halogens is 1. The van der Waals surface area contributed by atoms with Gasteiger partial charge in [0.25, 0.3) is 0 Å². The minimum atomic E-state index is -0.417. The number of amides is 2. The third kappa shape index (κ3) is 5.76. The molecule has 27 heavy (non-hydrogen) atoms. The summed E-state index contributed by atoms with van der Waals surface area (Å²) in [6, 6.07) is 4.69. The molecule has 148 valence electrons. The zero-order valence-corrected chi connectivity index (χ0v) is 16.1. The van der Waals surface area contributed by atoms with Crippen molar-refractivity contribution in [1.82, 2.24) is 10.2 Å². The van der Waals surface area contributed by atoms with Crippen molar-refractivity contribution < 1.29 is 14.0 Å². The van der Waals surface area contributed by atoms with E-state index in [-0.39, 0.29) is 30.0 Å². The SMILES string of the molecule is Cc1ccc(F)c(NC(=O)CN2CCCC(CNC(=O)C3CCCC3)C2)c1. The first-order valence-electron chi connectivity index (χ1n) is 10.1. The van der Waals surface area contributed by atoms with Crippen molar-refractivity contribution in [1.29, 1.82) is 0 Å². The average molecular weight is 375 g/mol. The first-order chi connectivity index (χ1) is 13.0. The zero-order chi connectivity index (χ0) is 19.2. The van der Waals surface area contributed by atoms with Crippen LogP contribution in [-0.4, -0.2) is 42.9 Å². The van der Waals surface area contributed by atoms with Crippen molar-refractivity contribution in [2.24, 2.45) is 11.8 Å². The number of anilines is 1. The molecule has 0 spiro atoms. The van der Waals surface area contributed by atoms with E-state index in [0.29, 0.717) is 12.5 Å². The van der Waals surface area contributed by atoms with E-state index in [4.69, 9.17) is 0 Å². The lowest BCUT2D eigenvalue weighted by Gasteiger charge is -2.32. The lowest BCUT2D eigenvalue weighted by molar-refractivity contribution is -0.125. The Balaban J connectivity index is 1.44. The quantitative estimate of drug-likeness (QED) is 0.803. The Bertz CT molecular complexity index is 673. The number of nitrogens with zero attached hydrogens (tertiary/aromatic N) is 1. The molecule has 1 saturated heterocycles. The van der Waals surface area contributed by atoms with Crippen LogP contribution < -0.4 is 10.6 Å². The van der Waals surface area contributed by atoms with Crippen LogP contribution in [0.15, 0.2) is 18.2 Å². The van der Waals surface area contributed by atoms with Crippen molar-refractivity contribution in [3.05, 3.63) is 29.6 Å². The molecule has 2 amide bonds. The van der Waals surface area contributed by atoms with Gasteiger partial charge in [-0.2, -0.15) is 0 Å². The number of carbonyl (C=O) groups is 2. The highest BCUT2D eigenvalue weighted by atomic mass is 19.1. The van der Waals surface area contributed by atoms with Crippen molar-refractivity contribution >= 4 is 17.5 Å². The predicted molar refractivity (Wildman–Crippen MR) is 104 cm³/mol. The van der Waals surface area contributed by atoms with E-state index in [9.17, 15) is 14.0 Å². The summed E-state index contributed by atoms with van der Waals surface area (Å²) >= 11 is 0. The van der Waals surface area contributed by atoms with Crippen LogP contribution in [0.25, 0.3) is 0 Å². The number of benzene rings is 1. The Morgan fingerprint density at radius 3 is 2.74 bits per heavy atom. The van der Waals surface area contributed by atoms with Crippen LogP contribution in [0.3, 0.4) is 0 Å². The van der Waals surface area contributed by atoms with Gasteiger partial charge in [-0.3, -0.25) is 14.5 Å². The number of rotatable bonds is 6. The van der Waals surface area contributed by atoms with E-state index in [2.05, 4.69) is 15.5 Å². The number of aryl methyl sites for hydroxylation is 1. The Labute approximate surface area is 160 Å². The average Bonchev–Trinajstić information content (AvgIpc) is 3.18. The second-order valence-electron chi connectivity index (χ2n) is 8.00. The second kappa shape index (κ2) is 9.31. The molecule has 1 aliphatic heterocycles. The minimum absolute atomic E-state index is 0.192. The molecule has 1 unspecified atom stereocenters. The van der Waals surface area contributed by atoms with Crippen molar-refractivity contribution in [2.45, 2.75) is 45.4 Å². The maximum Gasteiger partial charge on any atom is 0.238 e. The van der Waals surface area contributed by atoms with Gasteiger partial charge in [0.1, 0.15) is 5.82 Å². The van der Waals surface area contributed by atoms with E-state index in [1.165, 1.54) is 6.07 Å². The first kappa shape index (κ1) is 19.8. The molecule has 1 aromatic carbocycles. The molecule has 1 atom stereocenters. The number of hydrogen-bond donors (Lipinski definition) is 2. The van der Waals surface area contributed by atoms with Crippen molar-refractivity contribution in [3.8, 4) is 0 Å². The number of carbonyl (C=O) groups excluding carboxylic acids is 2. The van der Waals surface area contributed by atoms with Gasteiger partial charge in [0, 0.05) is 19.0 Å². The van der Waals surface area contributed by atoms with Gasteiger partial charge >= 0.3 is 0 Å². The molecule has 1 aromatic rings. The van der Waals surface area contributed by atoms with Crippen LogP contribution in [0.2, 0.25) is 0 Å². The molecule has 5 nitrogen and oxygen atoms in total. The molecule has 0 aromatic heterocycles. The van der Waals surface area contributed by atoms with Gasteiger partial charge in [-0.1, -0.05) is 18.9 Å². The Morgan fingerprint density at radius 1 is 1.19 bits per heavy atom. The molecule has 2 aliphatic rings. The Kier molecular flexibility index (Phi) is 6.83. The van der Waals surface area contributed by atoms with Gasteiger partial charge in [0.05, 0.1) is 12.2 Å². The molecule has 1 aliphatic carbocycles. The van der Waals surface area contributed by atoms with E-state index in [1.54, 1.807) is 12.1 Å². The summed E-state index contributed by atoms with van der Waals surface area (Å²) in [5.41, 5.74) is 1.14. The summed E-state index contributed by atoms with van der Waals surface area (Å²) < 4.78 is 13.8. The lowest BCUT2D eigenvalue weighted by Crippen LogP contribution is -2.44. The zero-order valence-electron chi connectivity index (χ0n) is 16.1. The minimum Gasteiger partial charge on any atom is -0.356 e. The van der Waals surface area contributed by atoms with Gasteiger partial charge in [-0.05, 0) is 62.8 Å². The summed E-state index contributed by atoms with van der Waals surface area (Å²) in [4.78, 5) is 26.6. The fraction of sp³-hybridized carbons (Fsp3) is 0.619. The highest BCUT2D eigenvalue weighted by Crippen LogP contribution is 2.25.